The zero-order valence-corrected chi connectivity index (χ0v) is 9.43. The largest absolute Gasteiger partial charge is 0.481 e. The molecule has 96 valence electrons. The predicted molar refractivity (Wildman–Crippen MR) is 57.1 cm³/mol. The Morgan fingerprint density at radius 3 is 1.50 bits per heavy atom. The molecule has 0 radical (unpaired) electrons. The molecule has 0 aliphatic heterocycles. The number of unbranched alkanes of at least 4 members (excludes halogenated alkanes) is 2. The van der Waals surface area contributed by atoms with E-state index in [-0.39, 0.29) is 19.4 Å². The molecule has 1 unspecified atom stereocenters. The van der Waals surface area contributed by atoms with Gasteiger partial charge < -0.3 is 20.4 Å². The molecule has 0 saturated heterocycles. The molecule has 1 atom stereocenters. The number of aliphatic hydroxyl groups is 2. The average Bonchev–Trinajstić information content (AvgIpc) is 2.17. The fraction of sp³-hybridized carbons (Fsp3) is 0.800. The van der Waals surface area contributed by atoms with E-state index in [1.807, 2.05) is 0 Å². The summed E-state index contributed by atoms with van der Waals surface area (Å²) >= 11 is 0. The third-order valence-electron chi connectivity index (χ3n) is 1.55. The van der Waals surface area contributed by atoms with E-state index in [2.05, 4.69) is 0 Å². The monoisotopic (exact) mass is 236 g/mol. The summed E-state index contributed by atoms with van der Waals surface area (Å²) in [6.07, 6.45) is 1.54. The minimum atomic E-state index is -0.819. The lowest BCUT2D eigenvalue weighted by atomic mass is 10.1. The van der Waals surface area contributed by atoms with Crippen molar-refractivity contribution in [2.45, 2.75) is 45.1 Å². The Hall–Kier alpha value is -1.14. The van der Waals surface area contributed by atoms with Gasteiger partial charge >= 0.3 is 11.9 Å². The predicted octanol–water partition coefficient (Wildman–Crippen LogP) is 0.466. The first-order valence-corrected chi connectivity index (χ1v) is 5.12. The Morgan fingerprint density at radius 2 is 1.31 bits per heavy atom. The second-order valence-corrected chi connectivity index (χ2v) is 3.38. The molecule has 6 nitrogen and oxygen atoms in total. The maximum absolute atomic E-state index is 9.98. The molecule has 0 aliphatic carbocycles. The van der Waals surface area contributed by atoms with Gasteiger partial charge in [-0.05, 0) is 19.8 Å². The van der Waals surface area contributed by atoms with Crippen LogP contribution >= 0.6 is 0 Å². The number of carbonyl (C=O) groups is 2. The summed E-state index contributed by atoms with van der Waals surface area (Å²) in [6.45, 7) is 1.39. The van der Waals surface area contributed by atoms with Gasteiger partial charge in [0.1, 0.15) is 0 Å². The van der Waals surface area contributed by atoms with Gasteiger partial charge in [0.25, 0.3) is 0 Å². The van der Waals surface area contributed by atoms with Crippen molar-refractivity contribution in [1.29, 1.82) is 0 Å². The first kappa shape index (κ1) is 17.3. The van der Waals surface area contributed by atoms with Gasteiger partial charge in [-0.2, -0.15) is 0 Å². The Morgan fingerprint density at radius 1 is 1.00 bits per heavy atom. The van der Waals surface area contributed by atoms with Crippen molar-refractivity contribution >= 4 is 11.9 Å². The SMILES string of the molecule is CC(O)CO.O=C(O)CCCCCC(=O)O. The van der Waals surface area contributed by atoms with Crippen LogP contribution in [0.15, 0.2) is 0 Å². The highest BCUT2D eigenvalue weighted by Gasteiger charge is 1.98. The van der Waals surface area contributed by atoms with Crippen molar-refractivity contribution in [3.63, 3.8) is 0 Å². The first-order valence-electron chi connectivity index (χ1n) is 5.12. The lowest BCUT2D eigenvalue weighted by molar-refractivity contribution is -0.137. The van der Waals surface area contributed by atoms with Gasteiger partial charge in [0.2, 0.25) is 0 Å². The molecule has 0 aromatic carbocycles. The molecule has 0 amide bonds. The molecule has 0 rings (SSSR count). The number of carboxylic acid groups (broad SMARTS) is 2. The molecular formula is C10H20O6. The van der Waals surface area contributed by atoms with Gasteiger partial charge in [0.15, 0.2) is 0 Å². The Bertz CT molecular complexity index is 174. The Balaban J connectivity index is 0. The van der Waals surface area contributed by atoms with Crippen LogP contribution in [0.1, 0.15) is 39.0 Å². The molecule has 0 aromatic rings. The molecule has 6 heteroatoms. The summed E-state index contributed by atoms with van der Waals surface area (Å²) in [6, 6.07) is 0. The van der Waals surface area contributed by atoms with Crippen LogP contribution in [0.4, 0.5) is 0 Å². The topological polar surface area (TPSA) is 115 Å². The van der Waals surface area contributed by atoms with Crippen molar-refractivity contribution < 1.29 is 30.0 Å². The summed E-state index contributed by atoms with van der Waals surface area (Å²) in [5.74, 6) is -1.64. The van der Waals surface area contributed by atoms with Gasteiger partial charge in [0.05, 0.1) is 12.7 Å². The van der Waals surface area contributed by atoms with Crippen molar-refractivity contribution in [1.82, 2.24) is 0 Å². The third kappa shape index (κ3) is 23.0. The number of aliphatic carboxylic acids is 2. The van der Waals surface area contributed by atoms with Gasteiger partial charge in [-0.3, -0.25) is 9.59 Å². The van der Waals surface area contributed by atoms with Gasteiger partial charge in [-0.25, -0.2) is 0 Å². The minimum Gasteiger partial charge on any atom is -0.481 e. The summed E-state index contributed by atoms with van der Waals surface area (Å²) < 4.78 is 0. The number of rotatable bonds is 7. The van der Waals surface area contributed by atoms with Gasteiger partial charge in [-0.1, -0.05) is 6.42 Å². The molecule has 0 saturated carbocycles. The van der Waals surface area contributed by atoms with Crippen molar-refractivity contribution in [2.24, 2.45) is 0 Å². The fourth-order valence-corrected chi connectivity index (χ4v) is 0.729. The van der Waals surface area contributed by atoms with Crippen LogP contribution < -0.4 is 0 Å². The van der Waals surface area contributed by atoms with Crippen LogP contribution in [0.2, 0.25) is 0 Å². The molecule has 0 bridgehead atoms. The maximum Gasteiger partial charge on any atom is 0.303 e. The molecule has 0 heterocycles. The molecule has 4 N–H and O–H groups in total. The van der Waals surface area contributed by atoms with Crippen molar-refractivity contribution in [3.8, 4) is 0 Å². The zero-order valence-electron chi connectivity index (χ0n) is 9.43. The number of carboxylic acids is 2. The molecule has 0 fully saturated rings. The highest BCUT2D eigenvalue weighted by atomic mass is 16.4. The van der Waals surface area contributed by atoms with Crippen LogP contribution in [-0.2, 0) is 9.59 Å². The standard InChI is InChI=1S/C7H12O4.C3H8O2/c8-6(9)4-2-1-3-5-7(10)11;1-3(5)2-4/h1-5H2,(H,8,9)(H,10,11);3-5H,2H2,1H3. The van der Waals surface area contributed by atoms with Crippen molar-refractivity contribution in [2.75, 3.05) is 6.61 Å². The smallest absolute Gasteiger partial charge is 0.303 e. The van der Waals surface area contributed by atoms with E-state index in [9.17, 15) is 9.59 Å². The summed E-state index contributed by atoms with van der Waals surface area (Å²) in [5, 5.41) is 32.4. The van der Waals surface area contributed by atoms with Gasteiger partial charge in [0, 0.05) is 12.8 Å². The van der Waals surface area contributed by atoms with Crippen LogP contribution in [0, 0.1) is 0 Å². The summed E-state index contributed by atoms with van der Waals surface area (Å²) in [4.78, 5) is 20.0. The Labute approximate surface area is 94.5 Å². The average molecular weight is 236 g/mol. The molecule has 0 aliphatic rings. The second kappa shape index (κ2) is 11.9. The summed E-state index contributed by atoms with van der Waals surface area (Å²) in [7, 11) is 0. The third-order valence-corrected chi connectivity index (χ3v) is 1.55. The van der Waals surface area contributed by atoms with Crippen molar-refractivity contribution in [3.05, 3.63) is 0 Å². The van der Waals surface area contributed by atoms with E-state index < -0.39 is 18.0 Å². The molecule has 0 spiro atoms. The number of aliphatic hydroxyl groups excluding tert-OH is 2. The second-order valence-electron chi connectivity index (χ2n) is 3.38. The van der Waals surface area contributed by atoms with Crippen LogP contribution in [0.5, 0.6) is 0 Å². The minimum absolute atomic E-state index is 0.139. The van der Waals surface area contributed by atoms with E-state index in [0.717, 1.165) is 0 Å². The molecule has 0 aromatic heterocycles. The quantitative estimate of drug-likeness (QED) is 0.477. The fourth-order valence-electron chi connectivity index (χ4n) is 0.729. The highest BCUT2D eigenvalue weighted by molar-refractivity contribution is 5.67. The summed E-state index contributed by atoms with van der Waals surface area (Å²) in [5.41, 5.74) is 0. The van der Waals surface area contributed by atoms with E-state index in [1.165, 1.54) is 6.92 Å². The van der Waals surface area contributed by atoms with Crippen LogP contribution in [-0.4, -0.2) is 45.1 Å². The first-order chi connectivity index (χ1) is 7.40. The van der Waals surface area contributed by atoms with E-state index in [1.54, 1.807) is 0 Å². The van der Waals surface area contributed by atoms with E-state index >= 15 is 0 Å². The molecular weight excluding hydrogens is 216 g/mol. The lowest BCUT2D eigenvalue weighted by Gasteiger charge is -1.94. The highest BCUT2D eigenvalue weighted by Crippen LogP contribution is 2.02. The van der Waals surface area contributed by atoms with E-state index in [4.69, 9.17) is 20.4 Å². The van der Waals surface area contributed by atoms with E-state index in [0.29, 0.717) is 19.3 Å². The number of hydrogen-bond acceptors (Lipinski definition) is 4. The normalized spacial score (nSPS) is 11.2. The maximum atomic E-state index is 9.98. The van der Waals surface area contributed by atoms with Crippen LogP contribution in [0.25, 0.3) is 0 Å². The van der Waals surface area contributed by atoms with Gasteiger partial charge in [-0.15, -0.1) is 0 Å². The van der Waals surface area contributed by atoms with Crippen LogP contribution in [0.3, 0.4) is 0 Å². The number of hydrogen-bond donors (Lipinski definition) is 4. The Kier molecular flexibility index (Phi) is 12.9. The lowest BCUT2D eigenvalue weighted by Crippen LogP contribution is -2.03. The zero-order chi connectivity index (χ0) is 13.0. The molecule has 16 heavy (non-hydrogen) atoms.